The summed E-state index contributed by atoms with van der Waals surface area (Å²) in [5.74, 6) is -1.72. The van der Waals surface area contributed by atoms with Crippen LogP contribution in [0.25, 0.3) is 0 Å². The maximum Gasteiger partial charge on any atom is 0.356 e. The molecule has 0 spiro atoms. The number of para-hydroxylation sites is 1. The lowest BCUT2D eigenvalue weighted by Gasteiger charge is -2.55. The Morgan fingerprint density at radius 2 is 1.59 bits per heavy atom. The number of ether oxygens (including phenoxy) is 4. The van der Waals surface area contributed by atoms with Gasteiger partial charge >= 0.3 is 5.97 Å². The molecule has 10 nitrogen and oxygen atoms in total. The lowest BCUT2D eigenvalue weighted by atomic mass is 9.93. The molecule has 2 aliphatic rings. The standard InChI is InChI=1S/C31H28N2O8/c1-38-31(32-25(35)20-39-24-15-9-4-10-16-24)29(37)33-26(23(17-18-34)19-40-30(31)33)28(36)41-27(21-11-5-2-6-12-21)22-13-7-3-8-14-22/h2-16,18,27,30H,17,19-20H2,1H3,(H,32,35). The third-order valence-corrected chi connectivity index (χ3v) is 6.82. The number of β-lactam (4-membered cyclic amide) rings is 1. The van der Waals surface area contributed by atoms with Crippen LogP contribution in [0.2, 0.25) is 0 Å². The smallest absolute Gasteiger partial charge is 0.356 e. The van der Waals surface area contributed by atoms with Crippen LogP contribution in [0.3, 0.4) is 0 Å². The Kier molecular flexibility index (Phi) is 8.23. The van der Waals surface area contributed by atoms with E-state index in [1.807, 2.05) is 66.7 Å². The molecule has 3 aromatic rings. The van der Waals surface area contributed by atoms with Crippen molar-refractivity contribution in [2.45, 2.75) is 24.5 Å². The molecule has 210 valence electrons. The lowest BCUT2D eigenvalue weighted by molar-refractivity contribution is -0.258. The van der Waals surface area contributed by atoms with Crippen LogP contribution in [0.1, 0.15) is 23.7 Å². The lowest BCUT2D eigenvalue weighted by Crippen LogP contribution is -2.82. The van der Waals surface area contributed by atoms with Gasteiger partial charge in [-0.15, -0.1) is 0 Å². The van der Waals surface area contributed by atoms with E-state index < -0.39 is 35.8 Å². The molecule has 0 aromatic heterocycles. The second-order valence-corrected chi connectivity index (χ2v) is 9.36. The zero-order chi connectivity index (χ0) is 28.8. The SMILES string of the molecule is COC1(NC(=O)COc2ccccc2)C(=O)N2C(C(=O)OC(c3ccccc3)c3ccccc3)=C(CC=O)COC21. The van der Waals surface area contributed by atoms with Crippen molar-refractivity contribution in [3.8, 4) is 5.75 Å². The van der Waals surface area contributed by atoms with Gasteiger partial charge in [0.1, 0.15) is 17.7 Å². The number of amides is 2. The first-order valence-electron chi connectivity index (χ1n) is 12.9. The minimum Gasteiger partial charge on any atom is -0.484 e. The monoisotopic (exact) mass is 556 g/mol. The molecule has 3 aromatic carbocycles. The highest BCUT2D eigenvalue weighted by Gasteiger charge is 2.67. The largest absolute Gasteiger partial charge is 0.484 e. The zero-order valence-electron chi connectivity index (χ0n) is 22.2. The molecule has 1 fully saturated rings. The number of carbonyl (C=O) groups excluding carboxylic acids is 4. The predicted molar refractivity (Wildman–Crippen MR) is 145 cm³/mol. The molecule has 5 rings (SSSR count). The van der Waals surface area contributed by atoms with E-state index in [1.54, 1.807) is 24.3 Å². The van der Waals surface area contributed by atoms with Gasteiger partial charge in [0.15, 0.2) is 18.9 Å². The Balaban J connectivity index is 1.39. The molecule has 2 unspecified atom stereocenters. The van der Waals surface area contributed by atoms with Crippen molar-refractivity contribution in [2.75, 3.05) is 20.3 Å². The third kappa shape index (κ3) is 5.47. The molecule has 0 radical (unpaired) electrons. The Hall–Kier alpha value is -4.80. The average molecular weight is 557 g/mol. The highest BCUT2D eigenvalue weighted by molar-refractivity contribution is 6.04. The number of hydrogen-bond donors (Lipinski definition) is 1. The van der Waals surface area contributed by atoms with Gasteiger partial charge in [-0.25, -0.2) is 4.79 Å². The van der Waals surface area contributed by atoms with Gasteiger partial charge in [-0.1, -0.05) is 78.9 Å². The van der Waals surface area contributed by atoms with Crippen molar-refractivity contribution in [3.63, 3.8) is 0 Å². The van der Waals surface area contributed by atoms with Gasteiger partial charge in [0.05, 0.1) is 6.61 Å². The average Bonchev–Trinajstić information content (AvgIpc) is 3.02. The summed E-state index contributed by atoms with van der Waals surface area (Å²) in [6.45, 7) is -0.535. The zero-order valence-corrected chi connectivity index (χ0v) is 22.2. The first-order valence-corrected chi connectivity index (χ1v) is 12.9. The van der Waals surface area contributed by atoms with E-state index in [2.05, 4.69) is 5.32 Å². The highest BCUT2D eigenvalue weighted by atomic mass is 16.6. The van der Waals surface area contributed by atoms with Crippen LogP contribution in [-0.4, -0.2) is 61.2 Å². The number of hydrogen-bond acceptors (Lipinski definition) is 8. The number of aldehydes is 1. The fraction of sp³-hybridized carbons (Fsp3) is 0.226. The number of rotatable bonds is 11. The quantitative estimate of drug-likeness (QED) is 0.166. The summed E-state index contributed by atoms with van der Waals surface area (Å²) < 4.78 is 22.8. The van der Waals surface area contributed by atoms with E-state index >= 15 is 0 Å². The third-order valence-electron chi connectivity index (χ3n) is 6.82. The summed E-state index contributed by atoms with van der Waals surface area (Å²) in [6, 6.07) is 27.1. The van der Waals surface area contributed by atoms with Crippen LogP contribution in [0.5, 0.6) is 5.75 Å². The molecule has 2 aliphatic heterocycles. The van der Waals surface area contributed by atoms with Crippen LogP contribution in [0.15, 0.2) is 102 Å². The van der Waals surface area contributed by atoms with Gasteiger partial charge in [0, 0.05) is 13.5 Å². The van der Waals surface area contributed by atoms with E-state index in [1.165, 1.54) is 7.11 Å². The van der Waals surface area contributed by atoms with Crippen LogP contribution < -0.4 is 10.1 Å². The fourth-order valence-corrected chi connectivity index (χ4v) is 4.84. The summed E-state index contributed by atoms with van der Waals surface area (Å²) in [6.07, 6.45) is -1.49. The van der Waals surface area contributed by atoms with Gasteiger partial charge in [-0.2, -0.15) is 0 Å². The van der Waals surface area contributed by atoms with Crippen molar-refractivity contribution in [1.29, 1.82) is 0 Å². The minimum absolute atomic E-state index is 0.113. The Labute approximate surface area is 236 Å². The van der Waals surface area contributed by atoms with E-state index in [0.29, 0.717) is 12.0 Å². The Morgan fingerprint density at radius 1 is 1.00 bits per heavy atom. The molecule has 0 saturated carbocycles. The van der Waals surface area contributed by atoms with Gasteiger partial charge < -0.3 is 29.1 Å². The van der Waals surface area contributed by atoms with Crippen molar-refractivity contribution in [1.82, 2.24) is 10.2 Å². The van der Waals surface area contributed by atoms with Crippen LogP contribution in [-0.2, 0) is 33.4 Å². The minimum atomic E-state index is -1.90. The second-order valence-electron chi connectivity index (χ2n) is 9.36. The van der Waals surface area contributed by atoms with Crippen molar-refractivity contribution in [2.24, 2.45) is 0 Å². The number of benzene rings is 3. The van der Waals surface area contributed by atoms with Crippen LogP contribution >= 0.6 is 0 Å². The molecule has 0 aliphatic carbocycles. The summed E-state index contributed by atoms with van der Waals surface area (Å²) in [4.78, 5) is 52.6. The van der Waals surface area contributed by atoms with Gasteiger partial charge in [-0.05, 0) is 28.8 Å². The molecule has 1 saturated heterocycles. The number of carbonyl (C=O) groups is 4. The van der Waals surface area contributed by atoms with Gasteiger partial charge in [0.2, 0.25) is 0 Å². The van der Waals surface area contributed by atoms with E-state index in [-0.39, 0.29) is 30.9 Å². The maximum absolute atomic E-state index is 13.8. The van der Waals surface area contributed by atoms with Crippen molar-refractivity contribution >= 4 is 24.1 Å². The fourth-order valence-electron chi connectivity index (χ4n) is 4.84. The van der Waals surface area contributed by atoms with Crippen molar-refractivity contribution in [3.05, 3.63) is 113 Å². The molecule has 1 N–H and O–H groups in total. The molecule has 2 atom stereocenters. The second kappa shape index (κ2) is 12.2. The van der Waals surface area contributed by atoms with Crippen LogP contribution in [0, 0.1) is 0 Å². The first-order chi connectivity index (χ1) is 20.0. The van der Waals surface area contributed by atoms with Crippen molar-refractivity contribution < 1.29 is 38.1 Å². The number of fused-ring (bicyclic) bond motifs is 1. The molecule has 2 heterocycles. The van der Waals surface area contributed by atoms with E-state index in [4.69, 9.17) is 18.9 Å². The maximum atomic E-state index is 13.8. The molecule has 10 heteroatoms. The number of nitrogens with zero attached hydrogens (tertiary/aromatic N) is 1. The molecular weight excluding hydrogens is 528 g/mol. The summed E-state index contributed by atoms with van der Waals surface area (Å²) in [5.41, 5.74) is -0.288. The number of esters is 1. The van der Waals surface area contributed by atoms with E-state index in [9.17, 15) is 19.2 Å². The topological polar surface area (TPSA) is 120 Å². The predicted octanol–water partition coefficient (Wildman–Crippen LogP) is 2.90. The number of methoxy groups -OCH3 is 1. The Morgan fingerprint density at radius 3 is 2.15 bits per heavy atom. The molecule has 41 heavy (non-hydrogen) atoms. The van der Waals surface area contributed by atoms with Crippen LogP contribution in [0.4, 0.5) is 0 Å². The highest BCUT2D eigenvalue weighted by Crippen LogP contribution is 2.42. The summed E-state index contributed by atoms with van der Waals surface area (Å²) >= 11 is 0. The summed E-state index contributed by atoms with van der Waals surface area (Å²) in [7, 11) is 1.25. The Bertz CT molecular complexity index is 1410. The first kappa shape index (κ1) is 27.8. The van der Waals surface area contributed by atoms with E-state index in [0.717, 1.165) is 16.0 Å². The van der Waals surface area contributed by atoms with Gasteiger partial charge in [-0.3, -0.25) is 14.5 Å². The van der Waals surface area contributed by atoms with Gasteiger partial charge in [0.25, 0.3) is 17.5 Å². The number of nitrogens with one attached hydrogen (secondary N) is 1. The molecule has 0 bridgehead atoms. The molecule has 2 amide bonds. The molecular formula is C31H28N2O8. The normalized spacial score (nSPS) is 19.7. The summed E-state index contributed by atoms with van der Waals surface area (Å²) in [5, 5.41) is 2.55.